The van der Waals surface area contributed by atoms with E-state index in [2.05, 4.69) is 19.3 Å². The molecule has 3 atom stereocenters. The Kier molecular flexibility index (Phi) is 3.58. The van der Waals surface area contributed by atoms with Gasteiger partial charge in [0.25, 0.3) is 0 Å². The van der Waals surface area contributed by atoms with Crippen molar-refractivity contribution < 1.29 is 18.9 Å². The SMILES string of the molecule is BC1CCC(COP(=O)(O)O)C1C. The fraction of sp³-hybridized carbons (Fsp3) is 1.00. The maximum Gasteiger partial charge on any atom is 0.469 e. The first-order valence-corrected chi connectivity index (χ1v) is 6.13. The van der Waals surface area contributed by atoms with E-state index in [1.54, 1.807) is 0 Å². The summed E-state index contributed by atoms with van der Waals surface area (Å²) >= 11 is 0. The van der Waals surface area contributed by atoms with E-state index in [0.717, 1.165) is 12.8 Å². The lowest BCUT2D eigenvalue weighted by Gasteiger charge is -2.18. The van der Waals surface area contributed by atoms with Crippen LogP contribution in [0.25, 0.3) is 0 Å². The van der Waals surface area contributed by atoms with Gasteiger partial charge in [-0.3, -0.25) is 4.52 Å². The van der Waals surface area contributed by atoms with E-state index in [1.807, 2.05) is 0 Å². The van der Waals surface area contributed by atoms with Crippen LogP contribution in [0.15, 0.2) is 0 Å². The van der Waals surface area contributed by atoms with Gasteiger partial charge in [-0.15, -0.1) is 0 Å². The topological polar surface area (TPSA) is 66.8 Å². The Balaban J connectivity index is 2.35. The second kappa shape index (κ2) is 4.14. The Hall–Kier alpha value is 0.175. The van der Waals surface area contributed by atoms with Gasteiger partial charge in [0.1, 0.15) is 7.85 Å². The molecule has 0 spiro atoms. The molecule has 13 heavy (non-hydrogen) atoms. The van der Waals surface area contributed by atoms with Crippen molar-refractivity contribution >= 4 is 15.7 Å². The highest BCUT2D eigenvalue weighted by Crippen LogP contribution is 2.43. The van der Waals surface area contributed by atoms with Crippen LogP contribution < -0.4 is 0 Å². The zero-order valence-corrected chi connectivity index (χ0v) is 8.91. The molecule has 1 aliphatic carbocycles. The third-order valence-corrected chi connectivity index (χ3v) is 3.58. The van der Waals surface area contributed by atoms with Crippen molar-refractivity contribution in [1.82, 2.24) is 0 Å². The van der Waals surface area contributed by atoms with Gasteiger partial charge in [0.15, 0.2) is 0 Å². The van der Waals surface area contributed by atoms with E-state index in [-0.39, 0.29) is 6.61 Å². The van der Waals surface area contributed by atoms with Crippen LogP contribution in [0.2, 0.25) is 5.82 Å². The number of phosphoric ester groups is 1. The molecular weight excluding hydrogens is 190 g/mol. The highest BCUT2D eigenvalue weighted by Gasteiger charge is 2.31. The molecule has 0 aromatic rings. The minimum Gasteiger partial charge on any atom is -0.303 e. The summed E-state index contributed by atoms with van der Waals surface area (Å²) in [6.07, 6.45) is 2.15. The van der Waals surface area contributed by atoms with Gasteiger partial charge in [0.05, 0.1) is 6.61 Å². The Morgan fingerprint density at radius 3 is 2.54 bits per heavy atom. The van der Waals surface area contributed by atoms with Gasteiger partial charge in [0, 0.05) is 0 Å². The monoisotopic (exact) mass is 206 g/mol. The molecule has 1 saturated carbocycles. The summed E-state index contributed by atoms with van der Waals surface area (Å²) < 4.78 is 14.9. The smallest absolute Gasteiger partial charge is 0.303 e. The number of rotatable bonds is 3. The summed E-state index contributed by atoms with van der Waals surface area (Å²) in [4.78, 5) is 17.0. The molecule has 1 aliphatic rings. The average molecular weight is 206 g/mol. The molecule has 0 radical (unpaired) electrons. The lowest BCUT2D eigenvalue weighted by molar-refractivity contribution is 0.155. The van der Waals surface area contributed by atoms with Crippen molar-refractivity contribution in [3.63, 3.8) is 0 Å². The molecular formula is C7H16BO4P. The highest BCUT2D eigenvalue weighted by molar-refractivity contribution is 7.46. The molecule has 2 N–H and O–H groups in total. The third-order valence-electron chi connectivity index (χ3n) is 3.09. The number of hydrogen-bond donors (Lipinski definition) is 2. The van der Waals surface area contributed by atoms with Crippen LogP contribution in [-0.2, 0) is 9.09 Å². The Morgan fingerprint density at radius 2 is 2.15 bits per heavy atom. The van der Waals surface area contributed by atoms with Gasteiger partial charge < -0.3 is 9.79 Å². The summed E-state index contributed by atoms with van der Waals surface area (Å²) in [5.74, 6) is 1.46. The molecule has 0 aliphatic heterocycles. The zero-order chi connectivity index (χ0) is 10.1. The second-order valence-corrected chi connectivity index (χ2v) is 5.20. The van der Waals surface area contributed by atoms with E-state index >= 15 is 0 Å². The van der Waals surface area contributed by atoms with Crippen LogP contribution in [0, 0.1) is 11.8 Å². The minimum atomic E-state index is -4.26. The van der Waals surface area contributed by atoms with Crippen LogP contribution in [0.4, 0.5) is 0 Å². The van der Waals surface area contributed by atoms with Crippen molar-refractivity contribution in [3.05, 3.63) is 0 Å². The highest BCUT2D eigenvalue weighted by atomic mass is 31.2. The van der Waals surface area contributed by atoms with Gasteiger partial charge in [-0.05, 0) is 18.3 Å². The van der Waals surface area contributed by atoms with Crippen LogP contribution in [0.5, 0.6) is 0 Å². The normalized spacial score (nSPS) is 35.2. The van der Waals surface area contributed by atoms with Crippen molar-refractivity contribution in [3.8, 4) is 0 Å². The maximum atomic E-state index is 10.4. The molecule has 4 nitrogen and oxygen atoms in total. The van der Waals surface area contributed by atoms with Crippen LogP contribution in [0.3, 0.4) is 0 Å². The Labute approximate surface area is 79.3 Å². The van der Waals surface area contributed by atoms with Crippen LogP contribution in [-0.4, -0.2) is 24.2 Å². The lowest BCUT2D eigenvalue weighted by Crippen LogP contribution is -2.13. The first kappa shape index (κ1) is 11.3. The largest absolute Gasteiger partial charge is 0.469 e. The van der Waals surface area contributed by atoms with Gasteiger partial charge >= 0.3 is 7.82 Å². The molecule has 6 heteroatoms. The summed E-state index contributed by atoms with van der Waals surface area (Å²) in [7, 11) is -2.10. The molecule has 0 heterocycles. The van der Waals surface area contributed by atoms with Gasteiger partial charge in [0.2, 0.25) is 0 Å². The van der Waals surface area contributed by atoms with Crippen LogP contribution >= 0.6 is 7.82 Å². The fourth-order valence-corrected chi connectivity index (χ4v) is 2.28. The van der Waals surface area contributed by atoms with Crippen molar-refractivity contribution in [1.29, 1.82) is 0 Å². The van der Waals surface area contributed by atoms with Crippen molar-refractivity contribution in [2.75, 3.05) is 6.61 Å². The van der Waals surface area contributed by atoms with Crippen LogP contribution in [0.1, 0.15) is 19.8 Å². The first-order chi connectivity index (χ1) is 5.90. The van der Waals surface area contributed by atoms with E-state index in [0.29, 0.717) is 17.7 Å². The molecule has 3 unspecified atom stereocenters. The maximum absolute atomic E-state index is 10.4. The molecule has 0 bridgehead atoms. The average Bonchev–Trinajstić information content (AvgIpc) is 2.29. The predicted molar refractivity (Wildman–Crippen MR) is 52.2 cm³/mol. The Bertz CT molecular complexity index is 217. The first-order valence-electron chi connectivity index (χ1n) is 4.60. The lowest BCUT2D eigenvalue weighted by atomic mass is 9.78. The summed E-state index contributed by atoms with van der Waals surface area (Å²) in [6.45, 7) is 2.31. The van der Waals surface area contributed by atoms with E-state index in [4.69, 9.17) is 9.79 Å². The molecule has 1 rings (SSSR count). The second-order valence-electron chi connectivity index (χ2n) is 3.96. The van der Waals surface area contributed by atoms with Crippen molar-refractivity contribution in [2.24, 2.45) is 11.8 Å². The molecule has 76 valence electrons. The summed E-state index contributed by atoms with van der Waals surface area (Å²) in [5, 5.41) is 0. The van der Waals surface area contributed by atoms with Gasteiger partial charge in [-0.1, -0.05) is 19.2 Å². The standard InChI is InChI=1S/C7H16BO4P/c1-5-6(2-3-7(5)8)4-12-13(9,10)11/h5-7H,2-4,8H2,1H3,(H2,9,10,11). The van der Waals surface area contributed by atoms with E-state index < -0.39 is 7.82 Å². The minimum absolute atomic E-state index is 0.190. The third kappa shape index (κ3) is 3.43. The number of phosphoric acid groups is 1. The molecule has 1 fully saturated rings. The zero-order valence-electron chi connectivity index (χ0n) is 8.01. The van der Waals surface area contributed by atoms with Crippen molar-refractivity contribution in [2.45, 2.75) is 25.6 Å². The Morgan fingerprint density at radius 1 is 1.54 bits per heavy atom. The van der Waals surface area contributed by atoms with Gasteiger partial charge in [-0.25, -0.2) is 4.57 Å². The molecule has 0 amide bonds. The van der Waals surface area contributed by atoms with E-state index in [9.17, 15) is 4.57 Å². The summed E-state index contributed by atoms with van der Waals surface area (Å²) in [5.41, 5.74) is 0. The predicted octanol–water partition coefficient (Wildman–Crippen LogP) is 0.563. The fourth-order valence-electron chi connectivity index (χ4n) is 1.90. The molecule has 0 aromatic heterocycles. The molecule has 0 aromatic carbocycles. The number of hydrogen-bond acceptors (Lipinski definition) is 2. The quantitative estimate of drug-likeness (QED) is 0.523. The summed E-state index contributed by atoms with van der Waals surface area (Å²) in [6, 6.07) is 0. The molecule has 0 saturated heterocycles. The van der Waals surface area contributed by atoms with Gasteiger partial charge in [-0.2, -0.15) is 0 Å². The van der Waals surface area contributed by atoms with E-state index in [1.165, 1.54) is 0 Å².